The Hall–Kier alpha value is -2.08. The van der Waals surface area contributed by atoms with Gasteiger partial charge >= 0.3 is 0 Å². The number of hydrogen-bond donors (Lipinski definition) is 1. The molecule has 0 aromatic heterocycles. The van der Waals surface area contributed by atoms with Gasteiger partial charge in [-0.2, -0.15) is 0 Å². The van der Waals surface area contributed by atoms with Crippen LogP contribution in [-0.4, -0.2) is 56.2 Å². The Morgan fingerprint density at radius 1 is 1.23 bits per heavy atom. The van der Waals surface area contributed by atoms with Crippen molar-refractivity contribution in [3.63, 3.8) is 0 Å². The first-order chi connectivity index (χ1) is 12.7. The fraction of sp³-hybridized carbons (Fsp3) is 0.600. The van der Waals surface area contributed by atoms with Crippen LogP contribution in [0.15, 0.2) is 24.3 Å². The van der Waals surface area contributed by atoms with Crippen molar-refractivity contribution in [2.45, 2.75) is 38.1 Å². The number of carbonyl (C=O) groups is 2. The summed E-state index contributed by atoms with van der Waals surface area (Å²) in [5.74, 6) is 0.530. The summed E-state index contributed by atoms with van der Waals surface area (Å²) in [6.07, 6.45) is 4.56. The van der Waals surface area contributed by atoms with Gasteiger partial charge in [-0.3, -0.25) is 9.59 Å². The van der Waals surface area contributed by atoms with Crippen LogP contribution in [0, 0.1) is 5.92 Å². The van der Waals surface area contributed by atoms with Crippen LogP contribution in [-0.2, 0) is 9.53 Å². The molecule has 2 aliphatic rings. The fourth-order valence-electron chi connectivity index (χ4n) is 3.95. The summed E-state index contributed by atoms with van der Waals surface area (Å²) < 4.78 is 10.8. The van der Waals surface area contributed by atoms with Crippen LogP contribution >= 0.6 is 0 Å². The Morgan fingerprint density at radius 3 is 2.92 bits per heavy atom. The summed E-state index contributed by atoms with van der Waals surface area (Å²) in [5.41, 5.74) is 0.602. The van der Waals surface area contributed by atoms with Crippen LogP contribution in [0.1, 0.15) is 42.5 Å². The molecule has 6 heteroatoms. The van der Waals surface area contributed by atoms with Crippen molar-refractivity contribution in [1.29, 1.82) is 0 Å². The second-order valence-electron chi connectivity index (χ2n) is 6.95. The zero-order valence-electron chi connectivity index (χ0n) is 15.4. The maximum atomic E-state index is 13.3. The quantitative estimate of drug-likeness (QED) is 0.878. The lowest BCUT2D eigenvalue weighted by molar-refractivity contribution is -0.128. The summed E-state index contributed by atoms with van der Waals surface area (Å²) in [6, 6.07) is 7.17. The first-order valence-electron chi connectivity index (χ1n) is 9.51. The number of ether oxygens (including phenoxy) is 2. The molecule has 0 spiro atoms. The molecule has 1 heterocycles. The number of rotatable bonds is 2. The minimum atomic E-state index is -0.142. The highest BCUT2D eigenvalue weighted by Crippen LogP contribution is 2.30. The first-order valence-corrected chi connectivity index (χ1v) is 9.51. The number of methoxy groups -OCH3 is 1. The smallest absolute Gasteiger partial charge is 0.254 e. The molecule has 2 atom stereocenters. The van der Waals surface area contributed by atoms with E-state index in [1.165, 1.54) is 0 Å². The highest BCUT2D eigenvalue weighted by molar-refractivity contribution is 5.95. The molecule has 2 fully saturated rings. The van der Waals surface area contributed by atoms with Gasteiger partial charge in [-0.15, -0.1) is 0 Å². The van der Waals surface area contributed by atoms with Crippen LogP contribution in [0.3, 0.4) is 0 Å². The Bertz CT molecular complexity index is 634. The van der Waals surface area contributed by atoms with E-state index in [2.05, 4.69) is 5.32 Å². The Morgan fingerprint density at radius 2 is 2.08 bits per heavy atom. The second kappa shape index (κ2) is 9.03. The van der Waals surface area contributed by atoms with E-state index in [1.807, 2.05) is 23.1 Å². The number of benzene rings is 1. The van der Waals surface area contributed by atoms with E-state index in [9.17, 15) is 9.59 Å². The topological polar surface area (TPSA) is 67.9 Å². The molecule has 1 aromatic rings. The molecule has 2 unspecified atom stereocenters. The van der Waals surface area contributed by atoms with E-state index in [-0.39, 0.29) is 23.8 Å². The second-order valence-corrected chi connectivity index (χ2v) is 6.95. The molecule has 26 heavy (non-hydrogen) atoms. The van der Waals surface area contributed by atoms with Gasteiger partial charge in [0.15, 0.2) is 0 Å². The number of fused-ring (bicyclic) bond motifs is 1. The van der Waals surface area contributed by atoms with Crippen molar-refractivity contribution in [2.24, 2.45) is 5.92 Å². The number of nitrogens with zero attached hydrogens (tertiary/aromatic N) is 1. The minimum Gasteiger partial charge on any atom is -0.497 e. The Kier molecular flexibility index (Phi) is 6.50. The van der Waals surface area contributed by atoms with E-state index >= 15 is 0 Å². The van der Waals surface area contributed by atoms with Gasteiger partial charge in [-0.05, 0) is 37.5 Å². The van der Waals surface area contributed by atoms with Crippen molar-refractivity contribution in [2.75, 3.05) is 33.4 Å². The highest BCUT2D eigenvalue weighted by Gasteiger charge is 2.37. The van der Waals surface area contributed by atoms with Gasteiger partial charge in [0, 0.05) is 31.3 Å². The van der Waals surface area contributed by atoms with Crippen LogP contribution in [0.5, 0.6) is 5.75 Å². The fourth-order valence-corrected chi connectivity index (χ4v) is 3.95. The van der Waals surface area contributed by atoms with Crippen LogP contribution in [0.4, 0.5) is 0 Å². The summed E-state index contributed by atoms with van der Waals surface area (Å²) in [4.78, 5) is 27.8. The molecule has 1 N–H and O–H groups in total. The summed E-state index contributed by atoms with van der Waals surface area (Å²) in [5, 5.41) is 2.97. The molecule has 0 bridgehead atoms. The largest absolute Gasteiger partial charge is 0.497 e. The van der Waals surface area contributed by atoms with E-state index < -0.39 is 0 Å². The van der Waals surface area contributed by atoms with Crippen molar-refractivity contribution < 1.29 is 19.1 Å². The molecule has 1 saturated heterocycles. The van der Waals surface area contributed by atoms with Gasteiger partial charge < -0.3 is 19.7 Å². The number of carbonyl (C=O) groups excluding carboxylic acids is 2. The number of hydrogen-bond acceptors (Lipinski definition) is 4. The van der Waals surface area contributed by atoms with Gasteiger partial charge in [-0.25, -0.2) is 0 Å². The summed E-state index contributed by atoms with van der Waals surface area (Å²) in [7, 11) is 1.59. The lowest BCUT2D eigenvalue weighted by Crippen LogP contribution is -2.51. The molecule has 1 aliphatic heterocycles. The van der Waals surface area contributed by atoms with Gasteiger partial charge in [0.05, 0.1) is 19.6 Å². The lowest BCUT2D eigenvalue weighted by Gasteiger charge is -2.39. The number of nitrogens with one attached hydrogen (secondary N) is 1. The lowest BCUT2D eigenvalue weighted by atomic mass is 9.82. The molecule has 1 saturated carbocycles. The summed E-state index contributed by atoms with van der Waals surface area (Å²) >= 11 is 0. The zero-order chi connectivity index (χ0) is 18.4. The van der Waals surface area contributed by atoms with E-state index in [4.69, 9.17) is 9.47 Å². The SMILES string of the molecule is COc1cccc(C(=O)N2CCCOCCNC(=O)C3CCCCC32)c1. The minimum absolute atomic E-state index is 0.0344. The van der Waals surface area contributed by atoms with Crippen molar-refractivity contribution in [3.8, 4) is 5.75 Å². The third kappa shape index (κ3) is 4.36. The van der Waals surface area contributed by atoms with Gasteiger partial charge in [0.1, 0.15) is 5.75 Å². The molecular weight excluding hydrogens is 332 g/mol. The van der Waals surface area contributed by atoms with Gasteiger partial charge in [0.2, 0.25) is 5.91 Å². The molecule has 3 rings (SSSR count). The molecule has 1 aliphatic carbocycles. The monoisotopic (exact) mass is 360 g/mol. The standard InChI is InChI=1S/C20H28N2O4/c1-25-16-7-4-6-15(14-16)20(24)22-11-5-12-26-13-10-21-19(23)17-8-2-3-9-18(17)22/h4,6-7,14,17-18H,2-3,5,8-13H2,1H3,(H,21,23). The van der Waals surface area contributed by atoms with Crippen LogP contribution < -0.4 is 10.1 Å². The molecule has 6 nitrogen and oxygen atoms in total. The first kappa shape index (κ1) is 18.7. The molecular formula is C20H28N2O4. The van der Waals surface area contributed by atoms with Crippen molar-refractivity contribution >= 4 is 11.8 Å². The highest BCUT2D eigenvalue weighted by atomic mass is 16.5. The zero-order valence-corrected chi connectivity index (χ0v) is 15.4. The molecule has 1 aromatic carbocycles. The Labute approximate surface area is 154 Å². The van der Waals surface area contributed by atoms with Gasteiger partial charge in [-0.1, -0.05) is 18.9 Å². The van der Waals surface area contributed by atoms with Crippen LogP contribution in [0.2, 0.25) is 0 Å². The maximum absolute atomic E-state index is 13.3. The number of amides is 2. The van der Waals surface area contributed by atoms with E-state index in [0.29, 0.717) is 37.6 Å². The van der Waals surface area contributed by atoms with Crippen molar-refractivity contribution in [1.82, 2.24) is 10.2 Å². The molecule has 0 radical (unpaired) electrons. The van der Waals surface area contributed by atoms with E-state index in [0.717, 1.165) is 32.1 Å². The average Bonchev–Trinajstić information content (AvgIpc) is 2.72. The predicted molar refractivity (Wildman–Crippen MR) is 98.2 cm³/mol. The van der Waals surface area contributed by atoms with Gasteiger partial charge in [0.25, 0.3) is 5.91 Å². The predicted octanol–water partition coefficient (Wildman–Crippen LogP) is 2.23. The Balaban J connectivity index is 1.88. The maximum Gasteiger partial charge on any atom is 0.254 e. The molecule has 2 amide bonds. The third-order valence-corrected chi connectivity index (χ3v) is 5.28. The van der Waals surface area contributed by atoms with Crippen molar-refractivity contribution in [3.05, 3.63) is 29.8 Å². The third-order valence-electron chi connectivity index (χ3n) is 5.28. The average molecular weight is 360 g/mol. The normalized spacial score (nSPS) is 24.8. The van der Waals surface area contributed by atoms with E-state index in [1.54, 1.807) is 13.2 Å². The summed E-state index contributed by atoms with van der Waals surface area (Å²) in [6.45, 7) is 2.25. The van der Waals surface area contributed by atoms with Crippen LogP contribution in [0.25, 0.3) is 0 Å². The molecule has 142 valence electrons.